The Balaban J connectivity index is 2.68. The van der Waals surface area contributed by atoms with Gasteiger partial charge in [-0.05, 0) is 13.8 Å². The summed E-state index contributed by atoms with van der Waals surface area (Å²) in [4.78, 5) is 21.9. The summed E-state index contributed by atoms with van der Waals surface area (Å²) in [6.07, 6.45) is 2.47. The maximum Gasteiger partial charge on any atom is 0.335 e. The molecule has 0 fully saturated rings. The number of aromatic nitrogens is 5. The van der Waals surface area contributed by atoms with E-state index >= 15 is 0 Å². The highest BCUT2D eigenvalue weighted by Gasteiger charge is 2.26. The number of nitrogens with zero attached hydrogens (tertiary/aromatic N) is 6. The van der Waals surface area contributed by atoms with Crippen LogP contribution in [0.2, 0.25) is 5.15 Å². The van der Waals surface area contributed by atoms with E-state index in [1.165, 1.54) is 11.0 Å². The Bertz CT molecular complexity index is 596. The number of hydrogen-bond donors (Lipinski definition) is 0. The van der Waals surface area contributed by atoms with Crippen molar-refractivity contribution >= 4 is 17.3 Å². The van der Waals surface area contributed by atoms with E-state index in [1.54, 1.807) is 0 Å². The van der Waals surface area contributed by atoms with Gasteiger partial charge in [-0.3, -0.25) is 10.1 Å². The third-order valence-electron chi connectivity index (χ3n) is 2.23. The van der Waals surface area contributed by atoms with Crippen LogP contribution in [0.5, 0.6) is 0 Å². The molecule has 2 aromatic heterocycles. The van der Waals surface area contributed by atoms with Gasteiger partial charge in [0.2, 0.25) is 5.15 Å². The van der Waals surface area contributed by atoms with Gasteiger partial charge < -0.3 is 0 Å². The van der Waals surface area contributed by atoms with Crippen molar-refractivity contribution in [2.24, 2.45) is 0 Å². The maximum absolute atomic E-state index is 11.0. The van der Waals surface area contributed by atoms with Crippen LogP contribution in [0, 0.1) is 10.1 Å². The molecule has 0 bridgehead atoms. The first-order valence-electron chi connectivity index (χ1n) is 5.07. The molecule has 0 radical (unpaired) electrons. The van der Waals surface area contributed by atoms with Gasteiger partial charge in [0, 0.05) is 6.04 Å². The van der Waals surface area contributed by atoms with Crippen molar-refractivity contribution in [2.45, 2.75) is 19.9 Å². The predicted molar refractivity (Wildman–Crippen MR) is 63.1 cm³/mol. The van der Waals surface area contributed by atoms with Gasteiger partial charge in [-0.1, -0.05) is 11.6 Å². The van der Waals surface area contributed by atoms with E-state index in [4.69, 9.17) is 11.6 Å². The molecule has 0 aliphatic rings. The lowest BCUT2D eigenvalue weighted by Gasteiger charge is -2.08. The Morgan fingerprint density at radius 2 is 2.06 bits per heavy atom. The first-order valence-corrected chi connectivity index (χ1v) is 5.45. The van der Waals surface area contributed by atoms with E-state index in [1.807, 2.05) is 13.8 Å². The molecule has 18 heavy (non-hydrogen) atoms. The minimum Gasteiger partial charge on any atom is -0.258 e. The summed E-state index contributed by atoms with van der Waals surface area (Å²) in [5, 5.41) is 14.8. The van der Waals surface area contributed by atoms with Gasteiger partial charge in [0.1, 0.15) is 12.7 Å². The monoisotopic (exact) mass is 268 g/mol. The molecule has 0 aromatic carbocycles. The van der Waals surface area contributed by atoms with Crippen LogP contribution < -0.4 is 0 Å². The SMILES string of the molecule is CC(C)n1ncnc1-c1ncnc(Cl)c1[N+](=O)[O-]. The van der Waals surface area contributed by atoms with Gasteiger partial charge in [0.15, 0.2) is 11.5 Å². The van der Waals surface area contributed by atoms with E-state index in [9.17, 15) is 10.1 Å². The fourth-order valence-corrected chi connectivity index (χ4v) is 1.68. The minimum absolute atomic E-state index is 0.00385. The summed E-state index contributed by atoms with van der Waals surface area (Å²) in [7, 11) is 0. The highest BCUT2D eigenvalue weighted by molar-refractivity contribution is 6.31. The maximum atomic E-state index is 11.0. The molecule has 8 nitrogen and oxygen atoms in total. The molecule has 2 aromatic rings. The Labute approximate surface area is 107 Å². The normalized spacial score (nSPS) is 10.9. The summed E-state index contributed by atoms with van der Waals surface area (Å²) in [6, 6.07) is -0.00385. The van der Waals surface area contributed by atoms with Crippen LogP contribution in [0.4, 0.5) is 5.69 Å². The summed E-state index contributed by atoms with van der Waals surface area (Å²) in [5.41, 5.74) is -0.305. The second-order valence-corrected chi connectivity index (χ2v) is 4.10. The third kappa shape index (κ3) is 2.02. The molecule has 0 spiro atoms. The fourth-order valence-electron chi connectivity index (χ4n) is 1.48. The van der Waals surface area contributed by atoms with Crippen LogP contribution in [0.1, 0.15) is 19.9 Å². The van der Waals surface area contributed by atoms with Crippen LogP contribution in [0.15, 0.2) is 12.7 Å². The zero-order valence-electron chi connectivity index (χ0n) is 9.61. The molecule has 0 aliphatic carbocycles. The van der Waals surface area contributed by atoms with Crippen molar-refractivity contribution in [2.75, 3.05) is 0 Å². The van der Waals surface area contributed by atoms with E-state index in [0.29, 0.717) is 5.82 Å². The van der Waals surface area contributed by atoms with Crippen molar-refractivity contribution in [1.82, 2.24) is 24.7 Å². The van der Waals surface area contributed by atoms with Crippen molar-refractivity contribution in [1.29, 1.82) is 0 Å². The molecular formula is C9H9ClN6O2. The molecule has 9 heteroatoms. The third-order valence-corrected chi connectivity index (χ3v) is 2.51. The molecule has 0 saturated carbocycles. The molecule has 0 unspecified atom stereocenters. The van der Waals surface area contributed by atoms with Crippen LogP contribution in [-0.2, 0) is 0 Å². The second-order valence-electron chi connectivity index (χ2n) is 3.74. The molecule has 0 saturated heterocycles. The first-order chi connectivity index (χ1) is 8.52. The van der Waals surface area contributed by atoms with E-state index < -0.39 is 4.92 Å². The first kappa shape index (κ1) is 12.4. The second kappa shape index (κ2) is 4.65. The van der Waals surface area contributed by atoms with Gasteiger partial charge in [0.25, 0.3) is 0 Å². The van der Waals surface area contributed by atoms with Gasteiger partial charge in [-0.15, -0.1) is 0 Å². The minimum atomic E-state index is -0.628. The summed E-state index contributed by atoms with van der Waals surface area (Å²) in [6.45, 7) is 3.76. The molecule has 94 valence electrons. The summed E-state index contributed by atoms with van der Waals surface area (Å²) < 4.78 is 1.53. The number of halogens is 1. The molecule has 0 amide bonds. The Kier molecular flexibility index (Phi) is 3.19. The van der Waals surface area contributed by atoms with Gasteiger partial charge in [-0.25, -0.2) is 19.6 Å². The zero-order chi connectivity index (χ0) is 13.3. The van der Waals surface area contributed by atoms with Crippen LogP contribution in [0.3, 0.4) is 0 Å². The van der Waals surface area contributed by atoms with Crippen molar-refractivity contribution in [3.8, 4) is 11.5 Å². The topological polar surface area (TPSA) is 99.6 Å². The van der Waals surface area contributed by atoms with E-state index in [2.05, 4.69) is 20.1 Å². The predicted octanol–water partition coefficient (Wildman–Crippen LogP) is 1.88. The highest BCUT2D eigenvalue weighted by Crippen LogP contribution is 2.31. The summed E-state index contributed by atoms with van der Waals surface area (Å²) in [5.74, 6) is 0.293. The molecule has 0 atom stereocenters. The average Bonchev–Trinajstić information content (AvgIpc) is 2.76. The van der Waals surface area contributed by atoms with Crippen LogP contribution in [0.25, 0.3) is 11.5 Å². The lowest BCUT2D eigenvalue weighted by atomic mass is 10.3. The Morgan fingerprint density at radius 3 is 2.67 bits per heavy atom. The number of rotatable bonds is 3. The smallest absolute Gasteiger partial charge is 0.258 e. The quantitative estimate of drug-likeness (QED) is 0.479. The van der Waals surface area contributed by atoms with Crippen molar-refractivity contribution in [3.63, 3.8) is 0 Å². The summed E-state index contributed by atoms with van der Waals surface area (Å²) >= 11 is 5.72. The molecule has 2 heterocycles. The zero-order valence-corrected chi connectivity index (χ0v) is 10.4. The Morgan fingerprint density at radius 1 is 1.33 bits per heavy atom. The molecular weight excluding hydrogens is 260 g/mol. The van der Waals surface area contributed by atoms with Crippen molar-refractivity contribution in [3.05, 3.63) is 27.9 Å². The van der Waals surface area contributed by atoms with Gasteiger partial charge >= 0.3 is 5.69 Å². The molecule has 2 rings (SSSR count). The van der Waals surface area contributed by atoms with E-state index in [0.717, 1.165) is 6.33 Å². The fraction of sp³-hybridized carbons (Fsp3) is 0.333. The standard InChI is InChI=1S/C9H9ClN6O2/c1-5(2)15-9(13-4-14-15)6-7(16(17)18)8(10)12-3-11-6/h3-5H,1-2H3. The highest BCUT2D eigenvalue weighted by atomic mass is 35.5. The molecule has 0 aliphatic heterocycles. The van der Waals surface area contributed by atoms with Crippen LogP contribution >= 0.6 is 11.6 Å². The lowest BCUT2D eigenvalue weighted by Crippen LogP contribution is -2.08. The molecule has 0 N–H and O–H groups in total. The van der Waals surface area contributed by atoms with Gasteiger partial charge in [-0.2, -0.15) is 5.10 Å². The van der Waals surface area contributed by atoms with Crippen LogP contribution in [-0.4, -0.2) is 29.7 Å². The lowest BCUT2D eigenvalue weighted by molar-refractivity contribution is -0.384. The number of nitro groups is 1. The van der Waals surface area contributed by atoms with Crippen molar-refractivity contribution < 1.29 is 4.92 Å². The van der Waals surface area contributed by atoms with Gasteiger partial charge in [0.05, 0.1) is 4.92 Å². The average molecular weight is 269 g/mol. The largest absolute Gasteiger partial charge is 0.335 e. The number of hydrogen-bond acceptors (Lipinski definition) is 6. The van der Waals surface area contributed by atoms with E-state index in [-0.39, 0.29) is 22.6 Å². The Hall–Kier alpha value is -2.09.